The van der Waals surface area contributed by atoms with Crippen molar-refractivity contribution in [3.8, 4) is 11.5 Å². The highest BCUT2D eigenvalue weighted by atomic mass is 19.1. The van der Waals surface area contributed by atoms with Crippen LogP contribution in [-0.2, 0) is 6.61 Å². The first-order valence-electron chi connectivity index (χ1n) is 5.79. The zero-order valence-corrected chi connectivity index (χ0v) is 10.1. The summed E-state index contributed by atoms with van der Waals surface area (Å²) in [5.41, 5.74) is 0.651. The molecule has 0 radical (unpaired) electrons. The number of phenolic OH excluding ortho intramolecular Hbond substituents is 1. The quantitative estimate of drug-likeness (QED) is 0.797. The molecule has 1 N–H and O–H groups in total. The minimum atomic E-state index is -0.802. The molecule has 0 saturated carbocycles. The van der Waals surface area contributed by atoms with Gasteiger partial charge in [0.2, 0.25) is 5.89 Å². The number of hydrogen-bond acceptors (Lipinski definition) is 4. The Kier molecular flexibility index (Phi) is 2.98. The van der Waals surface area contributed by atoms with Crippen molar-refractivity contribution in [1.82, 2.24) is 4.98 Å². The Morgan fingerprint density at radius 2 is 1.80 bits per heavy atom. The molecule has 0 aliphatic heterocycles. The molecule has 1 heterocycles. The molecule has 0 aliphatic carbocycles. The molecule has 0 saturated heterocycles. The topological polar surface area (TPSA) is 55.5 Å². The SMILES string of the molecule is Oc1cccc2oc(COc3c(F)cccc3F)nc12. The number of para-hydroxylation sites is 2. The minimum Gasteiger partial charge on any atom is -0.506 e. The molecule has 0 bridgehead atoms. The van der Waals surface area contributed by atoms with E-state index >= 15 is 0 Å². The smallest absolute Gasteiger partial charge is 0.233 e. The fourth-order valence-corrected chi connectivity index (χ4v) is 1.80. The highest BCUT2D eigenvalue weighted by Crippen LogP contribution is 2.26. The van der Waals surface area contributed by atoms with E-state index < -0.39 is 17.4 Å². The minimum absolute atomic E-state index is 0.0328. The summed E-state index contributed by atoms with van der Waals surface area (Å²) in [4.78, 5) is 4.00. The molecule has 0 fully saturated rings. The number of aromatic hydroxyl groups is 1. The molecule has 2 aromatic carbocycles. The van der Waals surface area contributed by atoms with Gasteiger partial charge in [0.1, 0.15) is 5.75 Å². The summed E-state index contributed by atoms with van der Waals surface area (Å²) in [6.07, 6.45) is 0. The third-order valence-corrected chi connectivity index (χ3v) is 2.70. The van der Waals surface area contributed by atoms with Gasteiger partial charge in [-0.05, 0) is 24.3 Å². The van der Waals surface area contributed by atoms with E-state index in [0.29, 0.717) is 5.58 Å². The van der Waals surface area contributed by atoms with Crippen molar-refractivity contribution in [2.24, 2.45) is 0 Å². The lowest BCUT2D eigenvalue weighted by Gasteiger charge is -2.05. The fraction of sp³-hybridized carbons (Fsp3) is 0.0714. The van der Waals surface area contributed by atoms with E-state index in [0.717, 1.165) is 12.1 Å². The van der Waals surface area contributed by atoms with Crippen LogP contribution < -0.4 is 4.74 Å². The van der Waals surface area contributed by atoms with Gasteiger partial charge in [-0.25, -0.2) is 13.8 Å². The van der Waals surface area contributed by atoms with Crippen LogP contribution in [0.3, 0.4) is 0 Å². The van der Waals surface area contributed by atoms with E-state index in [9.17, 15) is 13.9 Å². The van der Waals surface area contributed by atoms with Gasteiger partial charge in [0, 0.05) is 0 Å². The van der Waals surface area contributed by atoms with Crippen LogP contribution in [0.15, 0.2) is 40.8 Å². The van der Waals surface area contributed by atoms with Gasteiger partial charge in [0.15, 0.2) is 35.1 Å². The summed E-state index contributed by atoms with van der Waals surface area (Å²) in [7, 11) is 0. The van der Waals surface area contributed by atoms with Gasteiger partial charge < -0.3 is 14.3 Å². The van der Waals surface area contributed by atoms with Crippen molar-refractivity contribution in [1.29, 1.82) is 0 Å². The highest BCUT2D eigenvalue weighted by molar-refractivity contribution is 5.79. The van der Waals surface area contributed by atoms with Gasteiger partial charge >= 0.3 is 0 Å². The number of hydrogen-bond donors (Lipinski definition) is 1. The number of fused-ring (bicyclic) bond motifs is 1. The first kappa shape index (κ1) is 12.4. The number of benzene rings is 2. The van der Waals surface area contributed by atoms with Gasteiger partial charge in [-0.1, -0.05) is 12.1 Å². The van der Waals surface area contributed by atoms with Crippen LogP contribution in [0.1, 0.15) is 5.89 Å². The van der Waals surface area contributed by atoms with Gasteiger partial charge in [-0.3, -0.25) is 0 Å². The standard InChI is InChI=1S/C14H9F2NO3/c15-8-3-1-4-9(16)14(8)19-7-12-17-13-10(18)5-2-6-11(13)20-12/h1-6,18H,7H2. The van der Waals surface area contributed by atoms with Crippen molar-refractivity contribution in [3.05, 3.63) is 53.9 Å². The van der Waals surface area contributed by atoms with E-state index in [-0.39, 0.29) is 23.8 Å². The number of rotatable bonds is 3. The lowest BCUT2D eigenvalue weighted by molar-refractivity contribution is 0.243. The Hall–Kier alpha value is -2.63. The Morgan fingerprint density at radius 3 is 2.50 bits per heavy atom. The van der Waals surface area contributed by atoms with Crippen LogP contribution in [0, 0.1) is 11.6 Å². The maximum Gasteiger partial charge on any atom is 0.233 e. The summed E-state index contributed by atoms with van der Waals surface area (Å²) in [5, 5.41) is 9.57. The van der Waals surface area contributed by atoms with Crippen LogP contribution in [0.25, 0.3) is 11.1 Å². The van der Waals surface area contributed by atoms with E-state index in [1.807, 2.05) is 0 Å². The van der Waals surface area contributed by atoms with Gasteiger partial charge in [-0.15, -0.1) is 0 Å². The lowest BCUT2D eigenvalue weighted by Crippen LogP contribution is -1.99. The average Bonchev–Trinajstić information content (AvgIpc) is 2.83. The number of oxazole rings is 1. The Bertz CT molecular complexity index is 750. The predicted octanol–water partition coefficient (Wildman–Crippen LogP) is 3.39. The molecule has 4 nitrogen and oxygen atoms in total. The number of halogens is 2. The van der Waals surface area contributed by atoms with Gasteiger partial charge in [0.25, 0.3) is 0 Å². The molecule has 1 aromatic heterocycles. The fourth-order valence-electron chi connectivity index (χ4n) is 1.80. The second-order valence-electron chi connectivity index (χ2n) is 4.07. The van der Waals surface area contributed by atoms with Gasteiger partial charge in [0.05, 0.1) is 0 Å². The Labute approximate surface area is 112 Å². The van der Waals surface area contributed by atoms with E-state index in [1.165, 1.54) is 12.1 Å². The van der Waals surface area contributed by atoms with Crippen molar-refractivity contribution >= 4 is 11.1 Å². The maximum atomic E-state index is 13.4. The lowest BCUT2D eigenvalue weighted by atomic mass is 10.3. The van der Waals surface area contributed by atoms with E-state index in [2.05, 4.69) is 4.98 Å². The van der Waals surface area contributed by atoms with Crippen LogP contribution in [0.5, 0.6) is 11.5 Å². The molecular weight excluding hydrogens is 268 g/mol. The molecule has 0 unspecified atom stereocenters. The van der Waals surface area contributed by atoms with Crippen molar-refractivity contribution in [2.45, 2.75) is 6.61 Å². The summed E-state index contributed by atoms with van der Waals surface area (Å²) in [6.45, 7) is -0.244. The first-order valence-corrected chi connectivity index (χ1v) is 5.79. The zero-order chi connectivity index (χ0) is 14.1. The third-order valence-electron chi connectivity index (χ3n) is 2.70. The number of phenols is 1. The Balaban J connectivity index is 1.85. The number of nitrogens with zero attached hydrogens (tertiary/aromatic N) is 1. The second-order valence-corrected chi connectivity index (χ2v) is 4.07. The van der Waals surface area contributed by atoms with Crippen LogP contribution in [0.2, 0.25) is 0 Å². The van der Waals surface area contributed by atoms with Crippen LogP contribution in [-0.4, -0.2) is 10.1 Å². The largest absolute Gasteiger partial charge is 0.506 e. The zero-order valence-electron chi connectivity index (χ0n) is 10.1. The Morgan fingerprint density at radius 1 is 1.10 bits per heavy atom. The average molecular weight is 277 g/mol. The monoisotopic (exact) mass is 277 g/mol. The predicted molar refractivity (Wildman–Crippen MR) is 66.4 cm³/mol. The molecule has 3 rings (SSSR count). The third kappa shape index (κ3) is 2.16. The summed E-state index contributed by atoms with van der Waals surface area (Å²) in [5.74, 6) is -2.01. The molecule has 0 atom stereocenters. The molecule has 0 spiro atoms. The normalized spacial score (nSPS) is 10.9. The maximum absolute atomic E-state index is 13.4. The van der Waals surface area contributed by atoms with Gasteiger partial charge in [-0.2, -0.15) is 0 Å². The second kappa shape index (κ2) is 4.80. The molecule has 0 aliphatic rings. The molecule has 0 amide bonds. The van der Waals surface area contributed by atoms with Crippen LogP contribution >= 0.6 is 0 Å². The molecule has 6 heteroatoms. The van der Waals surface area contributed by atoms with Crippen LogP contribution in [0.4, 0.5) is 8.78 Å². The molecule has 3 aromatic rings. The van der Waals surface area contributed by atoms with E-state index in [1.54, 1.807) is 12.1 Å². The molecule has 102 valence electrons. The van der Waals surface area contributed by atoms with Crippen molar-refractivity contribution in [2.75, 3.05) is 0 Å². The molecule has 20 heavy (non-hydrogen) atoms. The first-order chi connectivity index (χ1) is 9.65. The summed E-state index contributed by atoms with van der Waals surface area (Å²) in [6, 6.07) is 8.12. The number of aromatic nitrogens is 1. The van der Waals surface area contributed by atoms with Crippen molar-refractivity contribution < 1.29 is 23.0 Å². The highest BCUT2D eigenvalue weighted by Gasteiger charge is 2.13. The molecular formula is C14H9F2NO3. The van der Waals surface area contributed by atoms with Crippen molar-refractivity contribution in [3.63, 3.8) is 0 Å². The van der Waals surface area contributed by atoms with E-state index in [4.69, 9.17) is 9.15 Å². The summed E-state index contributed by atoms with van der Waals surface area (Å²) >= 11 is 0. The number of ether oxygens (including phenoxy) is 1. The summed E-state index contributed by atoms with van der Waals surface area (Å²) < 4.78 is 37.1.